The molecule has 0 aliphatic heterocycles. The second-order valence-corrected chi connectivity index (χ2v) is 3.52. The van der Waals surface area contributed by atoms with Crippen molar-refractivity contribution in [3.8, 4) is 5.75 Å². The van der Waals surface area contributed by atoms with E-state index in [9.17, 15) is 9.18 Å². The first-order valence-electron chi connectivity index (χ1n) is 4.67. The SMILES string of the molecule is C=C(F)C(=O)Oc1ccc(C(C)C)cc1. The van der Waals surface area contributed by atoms with Crippen molar-refractivity contribution in [1.82, 2.24) is 0 Å². The maximum Gasteiger partial charge on any atom is 0.371 e. The maximum atomic E-state index is 12.3. The van der Waals surface area contributed by atoms with Crippen LogP contribution in [-0.2, 0) is 4.79 Å². The molecule has 0 atom stereocenters. The fourth-order valence-electron chi connectivity index (χ4n) is 1.08. The highest BCUT2D eigenvalue weighted by Gasteiger charge is 2.08. The molecule has 15 heavy (non-hydrogen) atoms. The molecule has 0 amide bonds. The van der Waals surface area contributed by atoms with E-state index in [-0.39, 0.29) is 0 Å². The summed E-state index contributed by atoms with van der Waals surface area (Å²) in [6, 6.07) is 6.95. The van der Waals surface area contributed by atoms with Crippen LogP contribution in [0.2, 0.25) is 0 Å². The van der Waals surface area contributed by atoms with Gasteiger partial charge in [0.15, 0.2) is 0 Å². The molecule has 0 fully saturated rings. The van der Waals surface area contributed by atoms with Crippen LogP contribution >= 0.6 is 0 Å². The number of hydrogen-bond donors (Lipinski definition) is 0. The topological polar surface area (TPSA) is 26.3 Å². The second-order valence-electron chi connectivity index (χ2n) is 3.52. The van der Waals surface area contributed by atoms with Gasteiger partial charge in [-0.25, -0.2) is 4.79 Å². The molecule has 1 aromatic rings. The number of carbonyl (C=O) groups excluding carboxylic acids is 1. The molecule has 0 spiro atoms. The van der Waals surface area contributed by atoms with E-state index >= 15 is 0 Å². The van der Waals surface area contributed by atoms with Crippen molar-refractivity contribution in [2.45, 2.75) is 19.8 Å². The van der Waals surface area contributed by atoms with Crippen molar-refractivity contribution in [2.24, 2.45) is 0 Å². The van der Waals surface area contributed by atoms with Crippen molar-refractivity contribution in [1.29, 1.82) is 0 Å². The number of esters is 1. The van der Waals surface area contributed by atoms with Crippen LogP contribution in [0.1, 0.15) is 25.3 Å². The first kappa shape index (κ1) is 11.4. The summed E-state index contributed by atoms with van der Waals surface area (Å²) < 4.78 is 17.0. The highest BCUT2D eigenvalue weighted by molar-refractivity contribution is 5.87. The Hall–Kier alpha value is -1.64. The third-order valence-corrected chi connectivity index (χ3v) is 1.98. The van der Waals surface area contributed by atoms with Crippen LogP contribution in [-0.4, -0.2) is 5.97 Å². The quantitative estimate of drug-likeness (QED) is 0.433. The summed E-state index contributed by atoms with van der Waals surface area (Å²) in [5.41, 5.74) is 1.13. The fourth-order valence-corrected chi connectivity index (χ4v) is 1.08. The van der Waals surface area contributed by atoms with Crippen LogP contribution in [0.15, 0.2) is 36.7 Å². The van der Waals surface area contributed by atoms with Gasteiger partial charge >= 0.3 is 5.97 Å². The summed E-state index contributed by atoms with van der Waals surface area (Å²) >= 11 is 0. The molecule has 3 heteroatoms. The van der Waals surface area contributed by atoms with Gasteiger partial charge in [-0.3, -0.25) is 0 Å². The van der Waals surface area contributed by atoms with E-state index in [0.29, 0.717) is 11.7 Å². The normalized spacial score (nSPS) is 10.1. The number of hydrogen-bond acceptors (Lipinski definition) is 2. The van der Waals surface area contributed by atoms with Gasteiger partial charge in [0.1, 0.15) is 5.75 Å². The monoisotopic (exact) mass is 208 g/mol. The number of ether oxygens (including phenoxy) is 1. The van der Waals surface area contributed by atoms with Gasteiger partial charge in [0, 0.05) is 0 Å². The molecule has 80 valence electrons. The first-order chi connectivity index (χ1) is 7.00. The third kappa shape index (κ3) is 3.20. The van der Waals surface area contributed by atoms with Crippen LogP contribution in [0.3, 0.4) is 0 Å². The van der Waals surface area contributed by atoms with Crippen LogP contribution in [0, 0.1) is 0 Å². The number of carbonyl (C=O) groups is 1. The largest absolute Gasteiger partial charge is 0.421 e. The van der Waals surface area contributed by atoms with E-state index in [2.05, 4.69) is 20.4 Å². The molecule has 0 bridgehead atoms. The Morgan fingerprint density at radius 2 is 1.87 bits per heavy atom. The van der Waals surface area contributed by atoms with Gasteiger partial charge in [0.25, 0.3) is 0 Å². The molecule has 0 unspecified atom stereocenters. The minimum Gasteiger partial charge on any atom is -0.421 e. The number of rotatable bonds is 3. The van der Waals surface area contributed by atoms with Crippen LogP contribution < -0.4 is 4.74 Å². The highest BCUT2D eigenvalue weighted by Crippen LogP contribution is 2.19. The Balaban J connectivity index is 2.73. The van der Waals surface area contributed by atoms with Crippen molar-refractivity contribution in [2.75, 3.05) is 0 Å². The Morgan fingerprint density at radius 1 is 1.33 bits per heavy atom. The molecule has 2 nitrogen and oxygen atoms in total. The molecular weight excluding hydrogens is 195 g/mol. The Morgan fingerprint density at radius 3 is 2.27 bits per heavy atom. The van der Waals surface area contributed by atoms with Gasteiger partial charge in [-0.15, -0.1) is 0 Å². The smallest absolute Gasteiger partial charge is 0.371 e. The maximum absolute atomic E-state index is 12.3. The van der Waals surface area contributed by atoms with Crippen LogP contribution in [0.25, 0.3) is 0 Å². The molecule has 0 aliphatic rings. The summed E-state index contributed by atoms with van der Waals surface area (Å²) in [6.07, 6.45) is 0. The Kier molecular flexibility index (Phi) is 3.61. The lowest BCUT2D eigenvalue weighted by atomic mass is 10.0. The minimum absolute atomic E-state index is 0.322. The zero-order valence-corrected chi connectivity index (χ0v) is 8.79. The van der Waals surface area contributed by atoms with Gasteiger partial charge in [-0.05, 0) is 23.6 Å². The predicted molar refractivity (Wildman–Crippen MR) is 56.4 cm³/mol. The second kappa shape index (κ2) is 4.73. The highest BCUT2D eigenvalue weighted by atomic mass is 19.1. The number of benzene rings is 1. The fraction of sp³-hybridized carbons (Fsp3) is 0.250. The lowest BCUT2D eigenvalue weighted by Gasteiger charge is -2.06. The average molecular weight is 208 g/mol. The lowest BCUT2D eigenvalue weighted by Crippen LogP contribution is -2.07. The molecule has 0 saturated heterocycles. The van der Waals surface area contributed by atoms with Crippen LogP contribution in [0.5, 0.6) is 5.75 Å². The van der Waals surface area contributed by atoms with Gasteiger partial charge in [0.2, 0.25) is 5.83 Å². The molecule has 0 aromatic heterocycles. The van der Waals surface area contributed by atoms with E-state index in [1.165, 1.54) is 0 Å². The number of halogens is 1. The molecule has 0 heterocycles. The molecule has 0 radical (unpaired) electrons. The van der Waals surface area contributed by atoms with Gasteiger partial charge in [-0.1, -0.05) is 32.6 Å². The summed E-state index contributed by atoms with van der Waals surface area (Å²) in [7, 11) is 0. The zero-order valence-electron chi connectivity index (χ0n) is 8.79. The molecule has 0 saturated carbocycles. The van der Waals surface area contributed by atoms with Crippen molar-refractivity contribution in [3.05, 3.63) is 42.2 Å². The Labute approximate surface area is 88.4 Å². The Bertz CT molecular complexity index is 366. The lowest BCUT2D eigenvalue weighted by molar-refractivity contribution is -0.131. The first-order valence-corrected chi connectivity index (χ1v) is 4.67. The van der Waals surface area contributed by atoms with E-state index < -0.39 is 11.8 Å². The summed E-state index contributed by atoms with van der Waals surface area (Å²) in [5, 5.41) is 0. The molecular formula is C12H13FO2. The average Bonchev–Trinajstić information content (AvgIpc) is 2.18. The van der Waals surface area contributed by atoms with Crippen molar-refractivity contribution in [3.63, 3.8) is 0 Å². The van der Waals surface area contributed by atoms with E-state index in [1.54, 1.807) is 12.1 Å². The molecule has 1 rings (SSSR count). The van der Waals surface area contributed by atoms with Crippen molar-refractivity contribution < 1.29 is 13.9 Å². The van der Waals surface area contributed by atoms with E-state index in [1.807, 2.05) is 12.1 Å². The van der Waals surface area contributed by atoms with E-state index in [0.717, 1.165) is 5.56 Å². The van der Waals surface area contributed by atoms with Gasteiger partial charge in [0.05, 0.1) is 0 Å². The molecule has 0 aliphatic carbocycles. The summed E-state index contributed by atoms with van der Waals surface area (Å²) in [6.45, 7) is 6.98. The van der Waals surface area contributed by atoms with Crippen LogP contribution in [0.4, 0.5) is 4.39 Å². The summed E-state index contributed by atoms with van der Waals surface area (Å²) in [4.78, 5) is 10.8. The predicted octanol–water partition coefficient (Wildman–Crippen LogP) is 3.20. The van der Waals surface area contributed by atoms with E-state index in [4.69, 9.17) is 4.74 Å². The minimum atomic E-state index is -1.09. The standard InChI is InChI=1S/C12H13FO2/c1-8(2)10-4-6-11(7-5-10)15-12(14)9(3)13/h4-8H,3H2,1-2H3. The zero-order chi connectivity index (χ0) is 11.4. The van der Waals surface area contributed by atoms with Gasteiger partial charge in [-0.2, -0.15) is 4.39 Å². The molecule has 0 N–H and O–H groups in total. The molecule has 1 aromatic carbocycles. The van der Waals surface area contributed by atoms with Crippen molar-refractivity contribution >= 4 is 5.97 Å². The third-order valence-electron chi connectivity index (χ3n) is 1.98. The van der Waals surface area contributed by atoms with Gasteiger partial charge < -0.3 is 4.74 Å². The summed E-state index contributed by atoms with van der Waals surface area (Å²) in [5.74, 6) is -1.41.